The average molecular weight is 377 g/mol. The van der Waals surface area contributed by atoms with Gasteiger partial charge in [0.1, 0.15) is 0 Å². The Morgan fingerprint density at radius 3 is 2.32 bits per heavy atom. The molecule has 0 saturated carbocycles. The number of hydrogen-bond donors (Lipinski definition) is 0. The summed E-state index contributed by atoms with van der Waals surface area (Å²) in [6.07, 6.45) is 4.75. The molecule has 1 aromatic heterocycles. The third-order valence-corrected chi connectivity index (χ3v) is 6.07. The van der Waals surface area contributed by atoms with E-state index in [4.69, 9.17) is 0 Å². The molecule has 1 unspecified atom stereocenters. The van der Waals surface area contributed by atoms with E-state index in [2.05, 4.69) is 20.9 Å². The van der Waals surface area contributed by atoms with Gasteiger partial charge in [0.05, 0.1) is 11.2 Å². The molecule has 0 fully saturated rings. The highest BCUT2D eigenvalue weighted by Crippen LogP contribution is 2.34. The minimum Gasteiger partial charge on any atom is -0.316 e. The van der Waals surface area contributed by atoms with Gasteiger partial charge in [-0.05, 0) is 18.2 Å². The summed E-state index contributed by atoms with van der Waals surface area (Å²) in [4.78, 5) is 4.27. The Labute approximate surface area is 137 Å². The van der Waals surface area contributed by atoms with Crippen molar-refractivity contribution < 1.29 is 8.42 Å². The first-order valence-corrected chi connectivity index (χ1v) is 8.95. The van der Waals surface area contributed by atoms with E-state index in [9.17, 15) is 8.42 Å². The Morgan fingerprint density at radius 2 is 1.68 bits per heavy atom. The van der Waals surface area contributed by atoms with Crippen molar-refractivity contribution in [2.75, 3.05) is 0 Å². The maximum Gasteiger partial charge on any atom is 0.204 e. The molecule has 3 aromatic rings. The van der Waals surface area contributed by atoms with Crippen LogP contribution in [-0.2, 0) is 9.84 Å². The summed E-state index contributed by atoms with van der Waals surface area (Å²) in [5, 5.41) is -0.868. The predicted molar refractivity (Wildman–Crippen MR) is 88.1 cm³/mol. The van der Waals surface area contributed by atoms with Gasteiger partial charge in [0.15, 0.2) is 5.37 Å². The summed E-state index contributed by atoms with van der Waals surface area (Å²) in [6.45, 7) is 0. The van der Waals surface area contributed by atoms with Gasteiger partial charge in [0, 0.05) is 22.4 Å². The van der Waals surface area contributed by atoms with E-state index in [1.54, 1.807) is 53.4 Å². The maximum atomic E-state index is 13.1. The molecule has 112 valence electrons. The topological polar surface area (TPSA) is 52.0 Å². The molecule has 0 amide bonds. The molecule has 1 heterocycles. The number of halogens is 1. The fourth-order valence-electron chi connectivity index (χ4n) is 2.31. The van der Waals surface area contributed by atoms with Crippen LogP contribution in [0, 0.1) is 0 Å². The van der Waals surface area contributed by atoms with Crippen molar-refractivity contribution in [1.82, 2.24) is 9.55 Å². The molecular formula is C16H13BrN2O2S. The van der Waals surface area contributed by atoms with Gasteiger partial charge in [0.25, 0.3) is 0 Å². The molecule has 3 rings (SSSR count). The quantitative estimate of drug-likeness (QED) is 0.697. The monoisotopic (exact) mass is 376 g/mol. The second-order valence-electron chi connectivity index (χ2n) is 4.74. The fraction of sp³-hybridized carbons (Fsp3) is 0.0625. The van der Waals surface area contributed by atoms with Crippen LogP contribution in [0.25, 0.3) is 0 Å². The fourth-order valence-corrected chi connectivity index (χ4v) is 4.74. The van der Waals surface area contributed by atoms with Crippen LogP contribution in [0.1, 0.15) is 10.9 Å². The lowest BCUT2D eigenvalue weighted by Gasteiger charge is -2.20. The molecule has 4 nitrogen and oxygen atoms in total. The first kappa shape index (κ1) is 15.0. The highest BCUT2D eigenvalue weighted by molar-refractivity contribution is 9.10. The summed E-state index contributed by atoms with van der Waals surface area (Å²) in [5.41, 5.74) is 0.671. The van der Waals surface area contributed by atoms with E-state index in [-0.39, 0.29) is 4.90 Å². The van der Waals surface area contributed by atoms with Crippen LogP contribution in [-0.4, -0.2) is 18.0 Å². The molecule has 0 bridgehead atoms. The van der Waals surface area contributed by atoms with Crippen LogP contribution < -0.4 is 0 Å². The van der Waals surface area contributed by atoms with Crippen molar-refractivity contribution in [3.05, 3.63) is 83.4 Å². The highest BCUT2D eigenvalue weighted by Gasteiger charge is 2.31. The van der Waals surface area contributed by atoms with Gasteiger partial charge in [-0.15, -0.1) is 0 Å². The molecule has 6 heteroatoms. The zero-order chi connectivity index (χ0) is 15.6. The summed E-state index contributed by atoms with van der Waals surface area (Å²) < 4.78 is 28.6. The molecule has 0 radical (unpaired) electrons. The van der Waals surface area contributed by atoms with Crippen molar-refractivity contribution in [2.45, 2.75) is 10.3 Å². The molecule has 0 aliphatic rings. The molecule has 22 heavy (non-hydrogen) atoms. The summed E-state index contributed by atoms with van der Waals surface area (Å²) >= 11 is 3.45. The van der Waals surface area contributed by atoms with E-state index < -0.39 is 15.2 Å². The third kappa shape index (κ3) is 2.71. The molecule has 0 N–H and O–H groups in total. The van der Waals surface area contributed by atoms with Crippen molar-refractivity contribution in [2.24, 2.45) is 0 Å². The SMILES string of the molecule is O=S(=O)(c1ccccc1)C(c1ccccc1Br)n1ccnc1. The van der Waals surface area contributed by atoms with Crippen LogP contribution in [0.5, 0.6) is 0 Å². The van der Waals surface area contributed by atoms with Crippen LogP contribution in [0.4, 0.5) is 0 Å². The van der Waals surface area contributed by atoms with Crippen molar-refractivity contribution >= 4 is 25.8 Å². The smallest absolute Gasteiger partial charge is 0.204 e. The Bertz CT molecular complexity index is 862. The Hall–Kier alpha value is -1.92. The molecule has 2 aromatic carbocycles. The predicted octanol–water partition coefficient (Wildman–Crippen LogP) is 3.67. The van der Waals surface area contributed by atoms with Gasteiger partial charge in [-0.25, -0.2) is 13.4 Å². The number of hydrogen-bond acceptors (Lipinski definition) is 3. The molecule has 0 aliphatic heterocycles. The van der Waals surface area contributed by atoms with Crippen molar-refractivity contribution in [1.29, 1.82) is 0 Å². The normalized spacial score (nSPS) is 13.0. The van der Waals surface area contributed by atoms with E-state index in [1.807, 2.05) is 18.2 Å². The maximum absolute atomic E-state index is 13.1. The Balaban J connectivity index is 2.22. The molecular weight excluding hydrogens is 364 g/mol. The first-order valence-electron chi connectivity index (χ1n) is 6.61. The van der Waals surface area contributed by atoms with Gasteiger partial charge in [-0.3, -0.25) is 0 Å². The van der Waals surface area contributed by atoms with Crippen LogP contribution >= 0.6 is 15.9 Å². The number of aromatic nitrogens is 2. The van der Waals surface area contributed by atoms with Crippen LogP contribution in [0.3, 0.4) is 0 Å². The summed E-state index contributed by atoms with van der Waals surface area (Å²) in [5.74, 6) is 0. The summed E-state index contributed by atoms with van der Waals surface area (Å²) in [7, 11) is -3.61. The summed E-state index contributed by atoms with van der Waals surface area (Å²) in [6, 6.07) is 15.8. The lowest BCUT2D eigenvalue weighted by molar-refractivity contribution is 0.567. The zero-order valence-corrected chi connectivity index (χ0v) is 13.9. The number of sulfone groups is 1. The Morgan fingerprint density at radius 1 is 1.00 bits per heavy atom. The van der Waals surface area contributed by atoms with E-state index in [0.29, 0.717) is 5.56 Å². The number of imidazole rings is 1. The molecule has 0 aliphatic carbocycles. The van der Waals surface area contributed by atoms with Gasteiger partial charge >= 0.3 is 0 Å². The second kappa shape index (κ2) is 6.06. The minimum absolute atomic E-state index is 0.282. The van der Waals surface area contributed by atoms with E-state index in [0.717, 1.165) is 4.47 Å². The molecule has 0 spiro atoms. The van der Waals surface area contributed by atoms with Gasteiger partial charge < -0.3 is 4.57 Å². The standard InChI is InChI=1S/C16H13BrN2O2S/c17-15-9-5-4-8-14(15)16(19-11-10-18-12-19)22(20,21)13-6-2-1-3-7-13/h1-12,16H. The lowest BCUT2D eigenvalue weighted by Crippen LogP contribution is -2.21. The highest BCUT2D eigenvalue weighted by atomic mass is 79.9. The lowest BCUT2D eigenvalue weighted by atomic mass is 10.2. The molecule has 1 atom stereocenters. The van der Waals surface area contributed by atoms with Gasteiger partial charge in [0.2, 0.25) is 9.84 Å². The zero-order valence-electron chi connectivity index (χ0n) is 11.5. The van der Waals surface area contributed by atoms with E-state index >= 15 is 0 Å². The third-order valence-electron chi connectivity index (χ3n) is 3.33. The van der Waals surface area contributed by atoms with Crippen molar-refractivity contribution in [3.63, 3.8) is 0 Å². The average Bonchev–Trinajstić information content (AvgIpc) is 3.04. The van der Waals surface area contributed by atoms with E-state index in [1.165, 1.54) is 6.33 Å². The van der Waals surface area contributed by atoms with Crippen molar-refractivity contribution in [3.8, 4) is 0 Å². The number of nitrogens with zero attached hydrogens (tertiary/aromatic N) is 2. The van der Waals surface area contributed by atoms with Crippen LogP contribution in [0.15, 0.2) is 82.7 Å². The minimum atomic E-state index is -3.61. The molecule has 0 saturated heterocycles. The Kier molecular flexibility index (Phi) is 4.13. The van der Waals surface area contributed by atoms with Gasteiger partial charge in [-0.1, -0.05) is 52.3 Å². The number of benzene rings is 2. The number of rotatable bonds is 4. The first-order chi connectivity index (χ1) is 10.6. The van der Waals surface area contributed by atoms with Crippen LogP contribution in [0.2, 0.25) is 0 Å². The largest absolute Gasteiger partial charge is 0.316 e. The van der Waals surface area contributed by atoms with Gasteiger partial charge in [-0.2, -0.15) is 0 Å². The second-order valence-corrected chi connectivity index (χ2v) is 7.60.